The molecule has 0 spiro atoms. The van der Waals surface area contributed by atoms with Crippen molar-refractivity contribution in [2.24, 2.45) is 0 Å². The summed E-state index contributed by atoms with van der Waals surface area (Å²) in [6, 6.07) is 7.70. The third-order valence-corrected chi connectivity index (χ3v) is 2.56. The Hall–Kier alpha value is -1.06. The summed E-state index contributed by atoms with van der Waals surface area (Å²) in [6.45, 7) is 4.53. The molecule has 0 saturated carbocycles. The molecule has 2 unspecified atom stereocenters. The van der Waals surface area contributed by atoms with Gasteiger partial charge in [-0.2, -0.15) is 0 Å². The number of aliphatic hydroxyl groups is 1. The van der Waals surface area contributed by atoms with E-state index in [1.165, 1.54) is 5.56 Å². The van der Waals surface area contributed by atoms with E-state index in [1.807, 2.05) is 12.1 Å². The number of aliphatic hydroxyl groups excluding tert-OH is 1. The minimum atomic E-state index is -0.295. The molecule has 3 nitrogen and oxygen atoms in total. The van der Waals surface area contributed by atoms with Crippen LogP contribution in [-0.2, 0) is 6.42 Å². The molecule has 0 amide bonds. The highest BCUT2D eigenvalue weighted by Crippen LogP contribution is 2.11. The number of aryl methyl sites for hydroxylation is 1. The van der Waals surface area contributed by atoms with Crippen LogP contribution in [0, 0.1) is 0 Å². The first kappa shape index (κ1) is 13.0. The molecule has 3 N–H and O–H groups in total. The average Bonchev–Trinajstić information content (AvgIpc) is 2.25. The molecule has 0 heterocycles. The zero-order chi connectivity index (χ0) is 12.0. The first-order valence-electron chi connectivity index (χ1n) is 5.77. The predicted molar refractivity (Wildman–Crippen MR) is 65.6 cm³/mol. The number of hydrogen-bond donors (Lipinski definition) is 3. The molecule has 0 bridgehead atoms. The quantitative estimate of drug-likeness (QED) is 0.688. The lowest BCUT2D eigenvalue weighted by molar-refractivity contribution is 0.186. The van der Waals surface area contributed by atoms with Gasteiger partial charge in [0, 0.05) is 12.6 Å². The largest absolute Gasteiger partial charge is 0.508 e. The lowest BCUT2D eigenvalue weighted by atomic mass is 10.1. The standard InChI is InChI=1S/C13H21NO2/c1-10(14-9-11(2)15)3-4-12-5-7-13(16)8-6-12/h5-8,10-11,14-16H,3-4,9H2,1-2H3. The van der Waals surface area contributed by atoms with Gasteiger partial charge in [-0.1, -0.05) is 12.1 Å². The lowest BCUT2D eigenvalue weighted by Gasteiger charge is -2.14. The molecule has 0 aromatic heterocycles. The third kappa shape index (κ3) is 5.14. The second-order valence-corrected chi connectivity index (χ2v) is 4.36. The summed E-state index contributed by atoms with van der Waals surface area (Å²) < 4.78 is 0. The topological polar surface area (TPSA) is 52.5 Å². The zero-order valence-electron chi connectivity index (χ0n) is 9.98. The molecular formula is C13H21NO2. The maximum absolute atomic E-state index is 9.14. The van der Waals surface area contributed by atoms with Crippen LogP contribution in [0.25, 0.3) is 0 Å². The van der Waals surface area contributed by atoms with Gasteiger partial charge in [-0.15, -0.1) is 0 Å². The highest BCUT2D eigenvalue weighted by atomic mass is 16.3. The number of rotatable bonds is 6. The summed E-state index contributed by atoms with van der Waals surface area (Å²) in [7, 11) is 0. The molecule has 0 fully saturated rings. The second-order valence-electron chi connectivity index (χ2n) is 4.36. The molecule has 1 rings (SSSR count). The molecule has 16 heavy (non-hydrogen) atoms. The smallest absolute Gasteiger partial charge is 0.115 e. The van der Waals surface area contributed by atoms with Crippen LogP contribution >= 0.6 is 0 Å². The Bertz CT molecular complexity index is 295. The minimum Gasteiger partial charge on any atom is -0.508 e. The van der Waals surface area contributed by atoms with Crippen LogP contribution < -0.4 is 5.32 Å². The summed E-state index contributed by atoms with van der Waals surface area (Å²) in [6.07, 6.45) is 1.71. The Labute approximate surface area is 97.1 Å². The van der Waals surface area contributed by atoms with Gasteiger partial charge in [0.05, 0.1) is 6.10 Å². The lowest BCUT2D eigenvalue weighted by Crippen LogP contribution is -2.32. The molecule has 3 heteroatoms. The molecule has 0 aliphatic rings. The Morgan fingerprint density at radius 3 is 2.38 bits per heavy atom. The molecule has 2 atom stereocenters. The van der Waals surface area contributed by atoms with Crippen molar-refractivity contribution in [3.63, 3.8) is 0 Å². The van der Waals surface area contributed by atoms with E-state index in [-0.39, 0.29) is 6.10 Å². The van der Waals surface area contributed by atoms with Crippen LogP contribution in [0.15, 0.2) is 24.3 Å². The third-order valence-electron chi connectivity index (χ3n) is 2.56. The summed E-state index contributed by atoms with van der Waals surface area (Å²) in [5.74, 6) is 0.309. The fourth-order valence-corrected chi connectivity index (χ4v) is 1.52. The summed E-state index contributed by atoms with van der Waals surface area (Å²) in [4.78, 5) is 0. The molecule has 1 aromatic carbocycles. The first-order valence-corrected chi connectivity index (χ1v) is 5.77. The van der Waals surface area contributed by atoms with Gasteiger partial charge in [-0.05, 0) is 44.4 Å². The van der Waals surface area contributed by atoms with Crippen molar-refractivity contribution < 1.29 is 10.2 Å². The van der Waals surface area contributed by atoms with Crippen LogP contribution in [0.1, 0.15) is 25.8 Å². The number of phenols is 1. The monoisotopic (exact) mass is 223 g/mol. The van der Waals surface area contributed by atoms with Crippen molar-refractivity contribution in [2.45, 2.75) is 38.8 Å². The van der Waals surface area contributed by atoms with E-state index < -0.39 is 0 Å². The molecule has 0 radical (unpaired) electrons. The number of nitrogens with one attached hydrogen (secondary N) is 1. The van der Waals surface area contributed by atoms with Gasteiger partial charge in [0.25, 0.3) is 0 Å². The van der Waals surface area contributed by atoms with Gasteiger partial charge in [0.1, 0.15) is 5.75 Å². The number of hydrogen-bond acceptors (Lipinski definition) is 3. The first-order chi connectivity index (χ1) is 7.58. The van der Waals surface area contributed by atoms with E-state index in [0.717, 1.165) is 12.8 Å². The number of aromatic hydroxyl groups is 1. The van der Waals surface area contributed by atoms with E-state index in [4.69, 9.17) is 10.2 Å². The fraction of sp³-hybridized carbons (Fsp3) is 0.538. The molecule has 0 aliphatic heterocycles. The van der Waals surface area contributed by atoms with Crippen LogP contribution in [0.5, 0.6) is 5.75 Å². The average molecular weight is 223 g/mol. The summed E-state index contributed by atoms with van der Waals surface area (Å²) >= 11 is 0. The molecule has 90 valence electrons. The van der Waals surface area contributed by atoms with Crippen LogP contribution in [0.4, 0.5) is 0 Å². The number of benzene rings is 1. The zero-order valence-corrected chi connectivity index (χ0v) is 9.98. The van der Waals surface area contributed by atoms with Gasteiger partial charge in [-0.25, -0.2) is 0 Å². The van der Waals surface area contributed by atoms with Crippen LogP contribution in [0.3, 0.4) is 0 Å². The van der Waals surface area contributed by atoms with Crippen molar-refractivity contribution in [3.05, 3.63) is 29.8 Å². The molecule has 0 saturated heterocycles. The normalized spacial score (nSPS) is 14.7. The van der Waals surface area contributed by atoms with Gasteiger partial charge in [0.15, 0.2) is 0 Å². The number of phenolic OH excluding ortho intramolecular Hbond substituents is 1. The van der Waals surface area contributed by atoms with E-state index in [0.29, 0.717) is 18.3 Å². The van der Waals surface area contributed by atoms with Crippen LogP contribution in [0.2, 0.25) is 0 Å². The highest BCUT2D eigenvalue weighted by molar-refractivity contribution is 5.25. The van der Waals surface area contributed by atoms with Crippen molar-refractivity contribution in [3.8, 4) is 5.75 Å². The molecule has 1 aromatic rings. The van der Waals surface area contributed by atoms with Crippen molar-refractivity contribution >= 4 is 0 Å². The molecular weight excluding hydrogens is 202 g/mol. The summed E-state index contributed by atoms with van der Waals surface area (Å²) in [5, 5.41) is 21.5. The SMILES string of the molecule is CC(O)CNC(C)CCc1ccc(O)cc1. The Kier molecular flexibility index (Phi) is 5.29. The highest BCUT2D eigenvalue weighted by Gasteiger charge is 2.03. The van der Waals surface area contributed by atoms with Crippen molar-refractivity contribution in [1.29, 1.82) is 0 Å². The van der Waals surface area contributed by atoms with E-state index in [1.54, 1.807) is 19.1 Å². The van der Waals surface area contributed by atoms with Crippen LogP contribution in [-0.4, -0.2) is 28.9 Å². The summed E-state index contributed by atoms with van der Waals surface area (Å²) in [5.41, 5.74) is 1.23. The Morgan fingerprint density at radius 1 is 1.19 bits per heavy atom. The van der Waals surface area contributed by atoms with Gasteiger partial charge in [-0.3, -0.25) is 0 Å². The Morgan fingerprint density at radius 2 is 1.81 bits per heavy atom. The van der Waals surface area contributed by atoms with Gasteiger partial charge in [0.2, 0.25) is 0 Å². The van der Waals surface area contributed by atoms with Crippen molar-refractivity contribution in [2.75, 3.05) is 6.54 Å². The predicted octanol–water partition coefficient (Wildman–Crippen LogP) is 1.68. The Balaban J connectivity index is 2.26. The van der Waals surface area contributed by atoms with E-state index in [2.05, 4.69) is 12.2 Å². The fourth-order valence-electron chi connectivity index (χ4n) is 1.52. The maximum Gasteiger partial charge on any atom is 0.115 e. The maximum atomic E-state index is 9.14. The second kappa shape index (κ2) is 6.51. The molecule has 0 aliphatic carbocycles. The minimum absolute atomic E-state index is 0.295. The van der Waals surface area contributed by atoms with Gasteiger partial charge < -0.3 is 15.5 Å². The van der Waals surface area contributed by atoms with E-state index >= 15 is 0 Å². The van der Waals surface area contributed by atoms with Crippen molar-refractivity contribution in [1.82, 2.24) is 5.32 Å². The van der Waals surface area contributed by atoms with Gasteiger partial charge >= 0.3 is 0 Å². The van der Waals surface area contributed by atoms with E-state index in [9.17, 15) is 0 Å².